The van der Waals surface area contributed by atoms with E-state index in [1.165, 1.54) is 0 Å². The molecule has 120 valence electrons. The molecule has 0 radical (unpaired) electrons. The zero-order valence-electron chi connectivity index (χ0n) is 13.8. The van der Waals surface area contributed by atoms with Crippen molar-refractivity contribution in [3.8, 4) is 5.75 Å². The summed E-state index contributed by atoms with van der Waals surface area (Å²) in [4.78, 5) is 0. The van der Waals surface area contributed by atoms with E-state index in [1.54, 1.807) is 7.11 Å². The fourth-order valence-electron chi connectivity index (χ4n) is 2.39. The number of aliphatic hydroxyl groups is 2. The third-order valence-corrected chi connectivity index (χ3v) is 3.31. The fourth-order valence-corrected chi connectivity index (χ4v) is 2.39. The summed E-state index contributed by atoms with van der Waals surface area (Å²) in [5.41, 5.74) is 1.95. The molecule has 0 aliphatic rings. The molecular weight excluding hydrogens is 266 g/mol. The molecule has 0 amide bonds. The summed E-state index contributed by atoms with van der Waals surface area (Å²) in [5.74, 6) is 0.685. The summed E-state index contributed by atoms with van der Waals surface area (Å²) in [6, 6.07) is 5.74. The molecule has 4 nitrogen and oxygen atoms in total. The van der Waals surface area contributed by atoms with Crippen LogP contribution in [0.2, 0.25) is 0 Å². The minimum atomic E-state index is -0.651. The van der Waals surface area contributed by atoms with Gasteiger partial charge in [0.15, 0.2) is 0 Å². The van der Waals surface area contributed by atoms with E-state index in [0.717, 1.165) is 17.5 Å². The Labute approximate surface area is 128 Å². The Morgan fingerprint density at radius 2 is 1.86 bits per heavy atom. The molecule has 3 N–H and O–H groups in total. The van der Waals surface area contributed by atoms with E-state index in [-0.39, 0.29) is 5.41 Å². The van der Waals surface area contributed by atoms with Crippen molar-refractivity contribution in [3.63, 3.8) is 0 Å². The third kappa shape index (κ3) is 6.46. The molecule has 0 aromatic heterocycles. The highest BCUT2D eigenvalue weighted by Gasteiger charge is 2.18. The van der Waals surface area contributed by atoms with Gasteiger partial charge in [-0.3, -0.25) is 0 Å². The second kappa shape index (κ2) is 7.78. The predicted octanol–water partition coefficient (Wildman–Crippen LogP) is 2.42. The molecule has 0 heterocycles. The number of aryl methyl sites for hydroxylation is 1. The average Bonchev–Trinajstić information content (AvgIpc) is 2.36. The van der Waals surface area contributed by atoms with Gasteiger partial charge in [0, 0.05) is 18.7 Å². The first kappa shape index (κ1) is 18.0. The second-order valence-corrected chi connectivity index (χ2v) is 6.84. The molecular formula is C17H29NO3. The molecule has 1 rings (SSSR count). The van der Waals surface area contributed by atoms with Crippen LogP contribution in [0.5, 0.6) is 5.75 Å². The maximum atomic E-state index is 10.3. The quantitative estimate of drug-likeness (QED) is 0.723. The van der Waals surface area contributed by atoms with Gasteiger partial charge in [-0.2, -0.15) is 0 Å². The normalized spacial score (nSPS) is 14.8. The molecule has 0 saturated heterocycles. The minimum Gasteiger partial charge on any atom is -0.496 e. The van der Waals surface area contributed by atoms with Crippen molar-refractivity contribution in [3.05, 3.63) is 29.3 Å². The third-order valence-electron chi connectivity index (χ3n) is 3.31. The lowest BCUT2D eigenvalue weighted by atomic mass is 9.89. The van der Waals surface area contributed by atoms with Crippen molar-refractivity contribution < 1.29 is 14.9 Å². The molecule has 0 saturated carbocycles. The van der Waals surface area contributed by atoms with Crippen molar-refractivity contribution in [1.82, 2.24) is 5.32 Å². The highest BCUT2D eigenvalue weighted by molar-refractivity contribution is 5.38. The Morgan fingerprint density at radius 1 is 1.19 bits per heavy atom. The number of hydrogen-bond acceptors (Lipinski definition) is 4. The van der Waals surface area contributed by atoms with Gasteiger partial charge in [-0.05, 0) is 30.9 Å². The maximum Gasteiger partial charge on any atom is 0.124 e. The molecule has 1 aromatic rings. The lowest BCUT2D eigenvalue weighted by Gasteiger charge is -2.23. The summed E-state index contributed by atoms with van der Waals surface area (Å²) in [6.07, 6.45) is -0.331. The maximum absolute atomic E-state index is 10.3. The van der Waals surface area contributed by atoms with Crippen LogP contribution >= 0.6 is 0 Å². The van der Waals surface area contributed by atoms with Gasteiger partial charge in [-0.1, -0.05) is 32.4 Å². The molecule has 1 aromatic carbocycles. The molecule has 0 fully saturated rings. The van der Waals surface area contributed by atoms with E-state index in [1.807, 2.05) is 25.1 Å². The number of hydrogen-bond donors (Lipinski definition) is 3. The highest BCUT2D eigenvalue weighted by Crippen LogP contribution is 2.26. The van der Waals surface area contributed by atoms with E-state index in [9.17, 15) is 10.2 Å². The monoisotopic (exact) mass is 295 g/mol. The number of aliphatic hydroxyl groups excluding tert-OH is 2. The first-order valence-electron chi connectivity index (χ1n) is 7.44. The van der Waals surface area contributed by atoms with Crippen LogP contribution in [-0.4, -0.2) is 36.5 Å². The Bertz CT molecular complexity index is 440. The molecule has 2 atom stereocenters. The summed E-state index contributed by atoms with van der Waals surface area (Å²) >= 11 is 0. The van der Waals surface area contributed by atoms with Gasteiger partial charge in [0.2, 0.25) is 0 Å². The SMILES string of the molecule is COc1ccc(C)cc1C(O)CNCC(O)CC(C)(C)C. The minimum absolute atomic E-state index is 0.0967. The Morgan fingerprint density at radius 3 is 2.43 bits per heavy atom. The van der Waals surface area contributed by atoms with Crippen LogP contribution in [0.4, 0.5) is 0 Å². The molecule has 0 aliphatic carbocycles. The summed E-state index contributed by atoms with van der Waals surface area (Å²) < 4.78 is 5.28. The summed E-state index contributed by atoms with van der Waals surface area (Å²) in [7, 11) is 1.60. The standard InChI is InChI=1S/C17H29NO3/c1-12-6-7-16(21-5)14(8-12)15(20)11-18-10-13(19)9-17(2,3)4/h6-8,13,15,18-20H,9-11H2,1-5H3. The largest absolute Gasteiger partial charge is 0.496 e. The smallest absolute Gasteiger partial charge is 0.124 e. The van der Waals surface area contributed by atoms with E-state index in [4.69, 9.17) is 4.74 Å². The van der Waals surface area contributed by atoms with Gasteiger partial charge >= 0.3 is 0 Å². The molecule has 0 aliphatic heterocycles. The van der Waals surface area contributed by atoms with Crippen LogP contribution in [0.25, 0.3) is 0 Å². The highest BCUT2D eigenvalue weighted by atomic mass is 16.5. The van der Waals surface area contributed by atoms with E-state index >= 15 is 0 Å². The lowest BCUT2D eigenvalue weighted by Crippen LogP contribution is -2.32. The van der Waals surface area contributed by atoms with Gasteiger partial charge in [0.1, 0.15) is 5.75 Å². The number of methoxy groups -OCH3 is 1. The van der Waals surface area contributed by atoms with Crippen LogP contribution in [-0.2, 0) is 0 Å². The van der Waals surface area contributed by atoms with Gasteiger partial charge in [0.25, 0.3) is 0 Å². The average molecular weight is 295 g/mol. The van der Waals surface area contributed by atoms with Crippen LogP contribution in [0.1, 0.15) is 44.4 Å². The Kier molecular flexibility index (Phi) is 6.65. The summed E-state index contributed by atoms with van der Waals surface area (Å²) in [6.45, 7) is 9.15. The predicted molar refractivity (Wildman–Crippen MR) is 85.6 cm³/mol. The number of rotatable bonds is 7. The number of ether oxygens (including phenoxy) is 1. The summed E-state index contributed by atoms with van der Waals surface area (Å²) in [5, 5.41) is 23.3. The second-order valence-electron chi connectivity index (χ2n) is 6.84. The Hall–Kier alpha value is -1.10. The van der Waals surface area contributed by atoms with Crippen LogP contribution in [0.3, 0.4) is 0 Å². The van der Waals surface area contributed by atoms with Gasteiger partial charge < -0.3 is 20.3 Å². The van der Waals surface area contributed by atoms with Crippen molar-refractivity contribution in [2.45, 2.75) is 46.3 Å². The van der Waals surface area contributed by atoms with Crippen LogP contribution in [0, 0.1) is 12.3 Å². The van der Waals surface area contributed by atoms with E-state index in [0.29, 0.717) is 18.8 Å². The van der Waals surface area contributed by atoms with E-state index in [2.05, 4.69) is 26.1 Å². The van der Waals surface area contributed by atoms with Crippen molar-refractivity contribution in [2.24, 2.45) is 5.41 Å². The zero-order valence-corrected chi connectivity index (χ0v) is 13.8. The first-order valence-corrected chi connectivity index (χ1v) is 7.44. The van der Waals surface area contributed by atoms with Gasteiger partial charge in [0.05, 0.1) is 19.3 Å². The van der Waals surface area contributed by atoms with Crippen LogP contribution < -0.4 is 10.1 Å². The molecule has 2 unspecified atom stereocenters. The number of nitrogens with one attached hydrogen (secondary N) is 1. The fraction of sp³-hybridized carbons (Fsp3) is 0.647. The van der Waals surface area contributed by atoms with Crippen molar-refractivity contribution >= 4 is 0 Å². The zero-order chi connectivity index (χ0) is 16.0. The number of benzene rings is 1. The first-order chi connectivity index (χ1) is 9.73. The molecule has 0 spiro atoms. The molecule has 21 heavy (non-hydrogen) atoms. The molecule has 4 heteroatoms. The van der Waals surface area contributed by atoms with Crippen molar-refractivity contribution in [2.75, 3.05) is 20.2 Å². The molecule has 0 bridgehead atoms. The van der Waals surface area contributed by atoms with Gasteiger partial charge in [-0.15, -0.1) is 0 Å². The van der Waals surface area contributed by atoms with E-state index < -0.39 is 12.2 Å². The lowest BCUT2D eigenvalue weighted by molar-refractivity contribution is 0.110. The Balaban J connectivity index is 2.51. The van der Waals surface area contributed by atoms with Crippen LogP contribution in [0.15, 0.2) is 18.2 Å². The van der Waals surface area contributed by atoms with Crippen molar-refractivity contribution in [1.29, 1.82) is 0 Å². The topological polar surface area (TPSA) is 61.7 Å². The van der Waals surface area contributed by atoms with Gasteiger partial charge in [-0.25, -0.2) is 0 Å².